The average Bonchev–Trinajstić information content (AvgIpc) is 2.85. The van der Waals surface area contributed by atoms with Crippen LogP contribution in [-0.2, 0) is 12.0 Å². The molecule has 0 aliphatic heterocycles. The van der Waals surface area contributed by atoms with Gasteiger partial charge in [0.1, 0.15) is 12.4 Å². The van der Waals surface area contributed by atoms with Crippen LogP contribution in [0.3, 0.4) is 0 Å². The lowest BCUT2D eigenvalue weighted by atomic mass is 9.98. The standard InChI is InChI=1S/C15H17NO3S/c1-15(2,3)14-16-11(9-20-14)8-19-12-6-4-5-10(7-12)13(17)18/h4-7,9H,8H2,1-3H3,(H,17,18). The second kappa shape index (κ2) is 5.63. The van der Waals surface area contributed by atoms with Crippen LogP contribution < -0.4 is 4.74 Å². The zero-order valence-electron chi connectivity index (χ0n) is 11.7. The molecule has 0 aliphatic carbocycles. The van der Waals surface area contributed by atoms with E-state index in [1.54, 1.807) is 23.5 Å². The highest BCUT2D eigenvalue weighted by molar-refractivity contribution is 7.09. The van der Waals surface area contributed by atoms with Gasteiger partial charge in [0.2, 0.25) is 0 Å². The molecule has 0 spiro atoms. The smallest absolute Gasteiger partial charge is 0.335 e. The van der Waals surface area contributed by atoms with Gasteiger partial charge in [-0.15, -0.1) is 11.3 Å². The van der Waals surface area contributed by atoms with Gasteiger partial charge in [-0.1, -0.05) is 26.8 Å². The second-order valence-electron chi connectivity index (χ2n) is 5.52. The molecule has 1 N–H and O–H groups in total. The number of nitrogens with zero attached hydrogens (tertiary/aromatic N) is 1. The van der Waals surface area contributed by atoms with Crippen LogP contribution in [0.5, 0.6) is 5.75 Å². The van der Waals surface area contributed by atoms with Gasteiger partial charge in [0.25, 0.3) is 0 Å². The Morgan fingerprint density at radius 3 is 2.75 bits per heavy atom. The molecule has 5 heteroatoms. The quantitative estimate of drug-likeness (QED) is 0.932. The van der Waals surface area contributed by atoms with Crippen LogP contribution in [0.1, 0.15) is 41.8 Å². The first kappa shape index (κ1) is 14.5. The summed E-state index contributed by atoms with van der Waals surface area (Å²) in [5, 5.41) is 12.0. The summed E-state index contributed by atoms with van der Waals surface area (Å²) < 4.78 is 5.59. The van der Waals surface area contributed by atoms with Gasteiger partial charge in [-0.2, -0.15) is 0 Å². The highest BCUT2D eigenvalue weighted by Gasteiger charge is 2.18. The summed E-state index contributed by atoms with van der Waals surface area (Å²) in [5.41, 5.74) is 1.11. The number of rotatable bonds is 4. The number of hydrogen-bond donors (Lipinski definition) is 1. The van der Waals surface area contributed by atoms with Gasteiger partial charge in [-0.25, -0.2) is 9.78 Å². The third-order valence-electron chi connectivity index (χ3n) is 2.66. The predicted octanol–water partition coefficient (Wildman–Crippen LogP) is 3.72. The lowest BCUT2D eigenvalue weighted by Crippen LogP contribution is -2.10. The minimum absolute atomic E-state index is 0.0339. The van der Waals surface area contributed by atoms with E-state index < -0.39 is 5.97 Å². The number of benzene rings is 1. The molecule has 2 aromatic rings. The SMILES string of the molecule is CC(C)(C)c1nc(COc2cccc(C(=O)O)c2)cs1. The fraction of sp³-hybridized carbons (Fsp3) is 0.333. The highest BCUT2D eigenvalue weighted by Crippen LogP contribution is 2.26. The zero-order valence-corrected chi connectivity index (χ0v) is 12.5. The molecule has 0 amide bonds. The number of hydrogen-bond acceptors (Lipinski definition) is 4. The van der Waals surface area contributed by atoms with Crippen LogP contribution in [0.25, 0.3) is 0 Å². The zero-order chi connectivity index (χ0) is 14.8. The van der Waals surface area contributed by atoms with Crippen molar-refractivity contribution in [1.29, 1.82) is 0 Å². The molecule has 1 heterocycles. The number of carboxylic acids is 1. The Balaban J connectivity index is 2.04. The Morgan fingerprint density at radius 1 is 1.40 bits per heavy atom. The number of aromatic carboxylic acids is 1. The van der Waals surface area contributed by atoms with E-state index in [1.165, 1.54) is 12.1 Å². The molecule has 0 aliphatic rings. The minimum Gasteiger partial charge on any atom is -0.487 e. The van der Waals surface area contributed by atoms with E-state index in [-0.39, 0.29) is 11.0 Å². The summed E-state index contributed by atoms with van der Waals surface area (Å²) in [7, 11) is 0. The van der Waals surface area contributed by atoms with Crippen LogP contribution in [0.2, 0.25) is 0 Å². The third-order valence-corrected chi connectivity index (χ3v) is 3.98. The van der Waals surface area contributed by atoms with Crippen molar-refractivity contribution in [2.24, 2.45) is 0 Å². The Hall–Kier alpha value is -1.88. The topological polar surface area (TPSA) is 59.4 Å². The van der Waals surface area contributed by atoms with Crippen LogP contribution in [0, 0.1) is 0 Å². The summed E-state index contributed by atoms with van der Waals surface area (Å²) in [6.07, 6.45) is 0. The molecule has 4 nitrogen and oxygen atoms in total. The van der Waals surface area contributed by atoms with Crippen LogP contribution in [0.4, 0.5) is 0 Å². The van der Waals surface area contributed by atoms with Gasteiger partial charge >= 0.3 is 5.97 Å². The number of aromatic nitrogens is 1. The molecular formula is C15H17NO3S. The van der Waals surface area contributed by atoms with Crippen LogP contribution >= 0.6 is 11.3 Å². The normalized spacial score (nSPS) is 11.3. The lowest BCUT2D eigenvalue weighted by Gasteiger charge is -2.13. The van der Waals surface area contributed by atoms with Gasteiger partial charge < -0.3 is 9.84 Å². The van der Waals surface area contributed by atoms with E-state index in [1.807, 2.05) is 5.38 Å². The van der Waals surface area contributed by atoms with Crippen molar-refractivity contribution in [3.05, 3.63) is 45.9 Å². The highest BCUT2D eigenvalue weighted by atomic mass is 32.1. The van der Waals surface area contributed by atoms with Gasteiger partial charge in [0, 0.05) is 10.8 Å². The number of carbonyl (C=O) groups is 1. The van der Waals surface area contributed by atoms with Gasteiger partial charge in [-0.3, -0.25) is 0 Å². The molecule has 1 aromatic heterocycles. The molecule has 0 atom stereocenters. The molecular weight excluding hydrogens is 274 g/mol. The summed E-state index contributed by atoms with van der Waals surface area (Å²) in [4.78, 5) is 15.4. The molecule has 1 aromatic carbocycles. The van der Waals surface area contributed by atoms with E-state index in [0.717, 1.165) is 10.7 Å². The van der Waals surface area contributed by atoms with Crippen molar-refractivity contribution in [3.8, 4) is 5.75 Å². The van der Waals surface area contributed by atoms with E-state index in [0.29, 0.717) is 12.4 Å². The van der Waals surface area contributed by atoms with Gasteiger partial charge in [0.05, 0.1) is 16.3 Å². The van der Waals surface area contributed by atoms with Gasteiger partial charge in [0.15, 0.2) is 0 Å². The van der Waals surface area contributed by atoms with E-state index >= 15 is 0 Å². The average molecular weight is 291 g/mol. The Kier molecular flexibility index (Phi) is 4.09. The molecule has 0 radical (unpaired) electrons. The molecule has 0 saturated heterocycles. The van der Waals surface area contributed by atoms with Crippen molar-refractivity contribution in [3.63, 3.8) is 0 Å². The summed E-state index contributed by atoms with van der Waals surface area (Å²) in [6, 6.07) is 6.46. The first-order valence-corrected chi connectivity index (χ1v) is 7.15. The van der Waals surface area contributed by atoms with Crippen LogP contribution in [0.15, 0.2) is 29.6 Å². The molecule has 20 heavy (non-hydrogen) atoms. The number of ether oxygens (including phenoxy) is 1. The fourth-order valence-corrected chi connectivity index (χ4v) is 2.49. The van der Waals surface area contributed by atoms with Crippen molar-refractivity contribution in [2.75, 3.05) is 0 Å². The maximum Gasteiger partial charge on any atom is 0.335 e. The second-order valence-corrected chi connectivity index (χ2v) is 6.37. The summed E-state index contributed by atoms with van der Waals surface area (Å²) in [5.74, 6) is -0.422. The molecule has 2 rings (SSSR count). The Labute approximate surface area is 122 Å². The van der Waals surface area contributed by atoms with Crippen LogP contribution in [-0.4, -0.2) is 16.1 Å². The van der Waals surface area contributed by atoms with Crippen molar-refractivity contribution >= 4 is 17.3 Å². The summed E-state index contributed by atoms with van der Waals surface area (Å²) >= 11 is 1.61. The predicted molar refractivity (Wildman–Crippen MR) is 78.5 cm³/mol. The Morgan fingerprint density at radius 2 is 2.15 bits per heavy atom. The lowest BCUT2D eigenvalue weighted by molar-refractivity contribution is 0.0696. The molecule has 0 bridgehead atoms. The summed E-state index contributed by atoms with van der Waals surface area (Å²) in [6.45, 7) is 6.70. The number of thiazole rings is 1. The van der Waals surface area contributed by atoms with Gasteiger partial charge in [-0.05, 0) is 18.2 Å². The molecule has 0 unspecified atom stereocenters. The molecule has 106 valence electrons. The number of carboxylic acid groups (broad SMARTS) is 1. The van der Waals surface area contributed by atoms with Crippen molar-refractivity contribution in [2.45, 2.75) is 32.8 Å². The van der Waals surface area contributed by atoms with E-state index in [9.17, 15) is 4.79 Å². The Bertz CT molecular complexity index is 614. The van der Waals surface area contributed by atoms with Crippen molar-refractivity contribution < 1.29 is 14.6 Å². The monoisotopic (exact) mass is 291 g/mol. The third kappa shape index (κ3) is 3.57. The fourth-order valence-electron chi connectivity index (χ4n) is 1.59. The van der Waals surface area contributed by atoms with E-state index in [2.05, 4.69) is 25.8 Å². The van der Waals surface area contributed by atoms with Crippen molar-refractivity contribution in [1.82, 2.24) is 4.98 Å². The first-order chi connectivity index (χ1) is 9.36. The maximum atomic E-state index is 10.9. The molecule has 0 saturated carbocycles. The largest absolute Gasteiger partial charge is 0.487 e. The minimum atomic E-state index is -0.959. The van der Waals surface area contributed by atoms with E-state index in [4.69, 9.17) is 9.84 Å². The maximum absolute atomic E-state index is 10.9. The first-order valence-electron chi connectivity index (χ1n) is 6.27. The molecule has 0 fully saturated rings.